The van der Waals surface area contributed by atoms with Crippen LogP contribution in [0.2, 0.25) is 0 Å². The number of nitrogen functional groups attached to an aromatic ring is 1. The van der Waals surface area contributed by atoms with Gasteiger partial charge in [0.1, 0.15) is 0 Å². The van der Waals surface area contributed by atoms with Gasteiger partial charge in [-0.05, 0) is 18.2 Å². The Morgan fingerprint density at radius 3 is 2.58 bits per heavy atom. The zero-order valence-electron chi connectivity index (χ0n) is 6.37. The van der Waals surface area contributed by atoms with E-state index in [1.54, 1.807) is 12.1 Å². The minimum Gasteiger partial charge on any atom is -0.398 e. The smallest absolute Gasteiger partial charge is 0.248 e. The lowest BCUT2D eigenvalue weighted by Crippen LogP contribution is -2.11. The second-order valence-corrected chi connectivity index (χ2v) is 2.31. The van der Waals surface area contributed by atoms with Gasteiger partial charge in [-0.25, -0.2) is 0 Å². The van der Waals surface area contributed by atoms with Gasteiger partial charge in [0, 0.05) is 16.8 Å². The van der Waals surface area contributed by atoms with E-state index in [2.05, 4.69) is 5.92 Å². The molecule has 3 heteroatoms. The quantitative estimate of drug-likeness (QED) is 0.459. The Morgan fingerprint density at radius 1 is 1.50 bits per heavy atom. The SMILES string of the molecule is C#Cc1ccc(C(N)=O)cc1N. The van der Waals surface area contributed by atoms with E-state index in [1.807, 2.05) is 0 Å². The number of carbonyl (C=O) groups is 1. The van der Waals surface area contributed by atoms with Crippen LogP contribution < -0.4 is 11.5 Å². The van der Waals surface area contributed by atoms with Crippen molar-refractivity contribution in [2.45, 2.75) is 0 Å². The molecule has 1 aromatic rings. The van der Waals surface area contributed by atoms with E-state index in [4.69, 9.17) is 17.9 Å². The molecule has 0 bridgehead atoms. The van der Waals surface area contributed by atoms with E-state index < -0.39 is 5.91 Å². The fourth-order valence-electron chi connectivity index (χ4n) is 0.847. The summed E-state index contributed by atoms with van der Waals surface area (Å²) in [7, 11) is 0. The van der Waals surface area contributed by atoms with Gasteiger partial charge in [-0.15, -0.1) is 6.42 Å². The first kappa shape index (κ1) is 8.15. The first-order chi connectivity index (χ1) is 5.65. The molecule has 0 heterocycles. The number of hydrogen-bond acceptors (Lipinski definition) is 2. The van der Waals surface area contributed by atoms with Crippen LogP contribution in [0.25, 0.3) is 0 Å². The molecule has 1 amide bonds. The van der Waals surface area contributed by atoms with Crippen molar-refractivity contribution in [1.82, 2.24) is 0 Å². The highest BCUT2D eigenvalue weighted by Crippen LogP contribution is 2.12. The summed E-state index contributed by atoms with van der Waals surface area (Å²) in [5.74, 6) is 1.88. The lowest BCUT2D eigenvalue weighted by Gasteiger charge is -1.99. The van der Waals surface area contributed by atoms with Crippen molar-refractivity contribution in [2.24, 2.45) is 5.73 Å². The average Bonchev–Trinajstić information content (AvgIpc) is 2.04. The Morgan fingerprint density at radius 2 is 2.17 bits per heavy atom. The average molecular weight is 160 g/mol. The van der Waals surface area contributed by atoms with E-state index in [0.717, 1.165) is 0 Å². The van der Waals surface area contributed by atoms with Gasteiger partial charge in [-0.1, -0.05) is 5.92 Å². The molecule has 0 saturated carbocycles. The number of anilines is 1. The molecule has 0 aliphatic carbocycles. The summed E-state index contributed by atoms with van der Waals surface area (Å²) in [6.45, 7) is 0. The van der Waals surface area contributed by atoms with E-state index in [9.17, 15) is 4.79 Å². The third kappa shape index (κ3) is 1.38. The van der Waals surface area contributed by atoms with Crippen LogP contribution in [0.4, 0.5) is 5.69 Å². The van der Waals surface area contributed by atoms with Crippen molar-refractivity contribution in [3.05, 3.63) is 29.3 Å². The lowest BCUT2D eigenvalue weighted by atomic mass is 10.1. The summed E-state index contributed by atoms with van der Waals surface area (Å²) in [5.41, 5.74) is 11.9. The maximum absolute atomic E-state index is 10.7. The van der Waals surface area contributed by atoms with Crippen LogP contribution >= 0.6 is 0 Å². The predicted octanol–water partition coefficient (Wildman–Crippen LogP) is 0.349. The minimum absolute atomic E-state index is 0.367. The number of hydrogen-bond donors (Lipinski definition) is 2. The molecular formula is C9H8N2O. The fourth-order valence-corrected chi connectivity index (χ4v) is 0.847. The molecular weight excluding hydrogens is 152 g/mol. The van der Waals surface area contributed by atoms with E-state index in [1.165, 1.54) is 6.07 Å². The standard InChI is InChI=1S/C9H8N2O/c1-2-6-3-4-7(9(11)12)5-8(6)10/h1,3-5H,10H2,(H2,11,12). The molecule has 60 valence electrons. The van der Waals surface area contributed by atoms with Crippen LogP contribution in [0.5, 0.6) is 0 Å². The Labute approximate surface area is 70.4 Å². The van der Waals surface area contributed by atoms with Crippen LogP contribution in [0.1, 0.15) is 15.9 Å². The molecule has 3 nitrogen and oxygen atoms in total. The highest BCUT2D eigenvalue weighted by Gasteiger charge is 2.02. The first-order valence-electron chi connectivity index (χ1n) is 3.31. The van der Waals surface area contributed by atoms with Crippen molar-refractivity contribution in [3.8, 4) is 12.3 Å². The van der Waals surface area contributed by atoms with E-state index in [0.29, 0.717) is 16.8 Å². The van der Waals surface area contributed by atoms with Crippen molar-refractivity contribution < 1.29 is 4.79 Å². The normalized spacial score (nSPS) is 8.92. The Balaban J connectivity index is 3.21. The molecule has 12 heavy (non-hydrogen) atoms. The molecule has 1 rings (SSSR count). The van der Waals surface area contributed by atoms with E-state index >= 15 is 0 Å². The molecule has 0 aliphatic rings. The maximum Gasteiger partial charge on any atom is 0.248 e. The van der Waals surface area contributed by atoms with Crippen LogP contribution in [-0.2, 0) is 0 Å². The number of benzene rings is 1. The van der Waals surface area contributed by atoms with Gasteiger partial charge in [0.25, 0.3) is 0 Å². The van der Waals surface area contributed by atoms with Crippen LogP contribution in [0, 0.1) is 12.3 Å². The summed E-state index contributed by atoms with van der Waals surface area (Å²) < 4.78 is 0. The van der Waals surface area contributed by atoms with Gasteiger partial charge in [0.2, 0.25) is 5.91 Å². The molecule has 0 atom stereocenters. The Hall–Kier alpha value is -1.95. The Kier molecular flexibility index (Phi) is 2.02. The second kappa shape index (κ2) is 2.97. The van der Waals surface area contributed by atoms with Gasteiger partial charge in [0.05, 0.1) is 0 Å². The van der Waals surface area contributed by atoms with Crippen LogP contribution in [0.3, 0.4) is 0 Å². The van der Waals surface area contributed by atoms with Crippen LogP contribution in [-0.4, -0.2) is 5.91 Å². The minimum atomic E-state index is -0.509. The number of terminal acetylenes is 1. The second-order valence-electron chi connectivity index (χ2n) is 2.31. The summed E-state index contributed by atoms with van der Waals surface area (Å²) in [6.07, 6.45) is 5.13. The third-order valence-corrected chi connectivity index (χ3v) is 1.49. The highest BCUT2D eigenvalue weighted by molar-refractivity contribution is 5.94. The molecule has 1 aromatic carbocycles. The number of primary amides is 1. The summed E-state index contributed by atoms with van der Waals surface area (Å²) in [5, 5.41) is 0. The molecule has 0 radical (unpaired) electrons. The predicted molar refractivity (Wildman–Crippen MR) is 47.3 cm³/mol. The molecule has 4 N–H and O–H groups in total. The number of nitrogens with two attached hydrogens (primary N) is 2. The number of rotatable bonds is 1. The van der Waals surface area contributed by atoms with Gasteiger partial charge < -0.3 is 11.5 Å². The first-order valence-corrected chi connectivity index (χ1v) is 3.31. The Bertz CT molecular complexity index is 363. The summed E-state index contributed by atoms with van der Waals surface area (Å²) in [4.78, 5) is 10.7. The molecule has 0 spiro atoms. The van der Waals surface area contributed by atoms with Gasteiger partial charge >= 0.3 is 0 Å². The van der Waals surface area contributed by atoms with Gasteiger partial charge in [-0.3, -0.25) is 4.79 Å². The third-order valence-electron chi connectivity index (χ3n) is 1.49. The number of carbonyl (C=O) groups excluding carboxylic acids is 1. The van der Waals surface area contributed by atoms with E-state index in [-0.39, 0.29) is 0 Å². The van der Waals surface area contributed by atoms with Crippen molar-refractivity contribution in [1.29, 1.82) is 0 Å². The van der Waals surface area contributed by atoms with Crippen molar-refractivity contribution in [3.63, 3.8) is 0 Å². The molecule has 0 aromatic heterocycles. The summed E-state index contributed by atoms with van der Waals surface area (Å²) >= 11 is 0. The lowest BCUT2D eigenvalue weighted by molar-refractivity contribution is 0.100. The highest BCUT2D eigenvalue weighted by atomic mass is 16.1. The molecule has 0 aliphatic heterocycles. The van der Waals surface area contributed by atoms with Gasteiger partial charge in [0.15, 0.2) is 0 Å². The fraction of sp³-hybridized carbons (Fsp3) is 0. The van der Waals surface area contributed by atoms with Gasteiger partial charge in [-0.2, -0.15) is 0 Å². The van der Waals surface area contributed by atoms with Crippen LogP contribution in [0.15, 0.2) is 18.2 Å². The monoisotopic (exact) mass is 160 g/mol. The topological polar surface area (TPSA) is 69.1 Å². The van der Waals surface area contributed by atoms with Crippen molar-refractivity contribution in [2.75, 3.05) is 5.73 Å². The number of amides is 1. The zero-order valence-corrected chi connectivity index (χ0v) is 6.37. The molecule has 0 fully saturated rings. The maximum atomic E-state index is 10.7. The molecule has 0 saturated heterocycles. The van der Waals surface area contributed by atoms with Crippen molar-refractivity contribution >= 4 is 11.6 Å². The summed E-state index contributed by atoms with van der Waals surface area (Å²) in [6, 6.07) is 4.61. The largest absolute Gasteiger partial charge is 0.398 e. The molecule has 0 unspecified atom stereocenters. The zero-order chi connectivity index (χ0) is 9.14.